The summed E-state index contributed by atoms with van der Waals surface area (Å²) in [5.74, 6) is 1.33. The van der Waals surface area contributed by atoms with Gasteiger partial charge >= 0.3 is 0 Å². The fourth-order valence-electron chi connectivity index (χ4n) is 4.51. The maximum atomic E-state index is 6.06. The number of benzene rings is 1. The van der Waals surface area contributed by atoms with Gasteiger partial charge in [-0.3, -0.25) is 4.84 Å². The van der Waals surface area contributed by atoms with Crippen molar-refractivity contribution in [2.45, 2.75) is 50.9 Å². The number of hydroxylamine groups is 2. The molecule has 3 aliphatic rings. The van der Waals surface area contributed by atoms with Crippen molar-refractivity contribution in [2.24, 2.45) is 11.8 Å². The minimum atomic E-state index is -0.185. The van der Waals surface area contributed by atoms with Crippen molar-refractivity contribution in [3.05, 3.63) is 35.9 Å². The normalized spacial score (nSPS) is 40.3. The lowest BCUT2D eigenvalue weighted by Gasteiger charge is -2.46. The zero-order valence-corrected chi connectivity index (χ0v) is 13.4. The summed E-state index contributed by atoms with van der Waals surface area (Å²) in [6, 6.07) is 10.8. The first-order chi connectivity index (χ1) is 10.7. The highest BCUT2D eigenvalue weighted by Gasteiger charge is 2.66. The standard InChI is InChI=1S/C18H25NO3/c1-3-4-10-20-17-15-11-14-12-21-19(22-17)18(14,2)16(15)13-8-6-5-7-9-13/h5-9,14-17H,3-4,10-12H2,1-2H3/t14-,15-,16-,17+,18+/m0/s1. The van der Waals surface area contributed by atoms with Gasteiger partial charge in [0, 0.05) is 24.4 Å². The third-order valence-electron chi connectivity index (χ3n) is 5.72. The third kappa shape index (κ3) is 2.05. The van der Waals surface area contributed by atoms with Crippen LogP contribution in [0.2, 0.25) is 0 Å². The number of ether oxygens (including phenoxy) is 1. The Morgan fingerprint density at radius 1 is 1.32 bits per heavy atom. The van der Waals surface area contributed by atoms with Crippen molar-refractivity contribution in [3.8, 4) is 0 Å². The van der Waals surface area contributed by atoms with Crippen LogP contribution in [0.3, 0.4) is 0 Å². The first kappa shape index (κ1) is 14.6. The molecular formula is C18H25NO3. The van der Waals surface area contributed by atoms with Crippen LogP contribution in [-0.4, -0.2) is 30.3 Å². The molecule has 4 heteroatoms. The largest absolute Gasteiger partial charge is 0.350 e. The highest BCUT2D eigenvalue weighted by molar-refractivity contribution is 5.29. The fraction of sp³-hybridized carbons (Fsp3) is 0.667. The minimum absolute atomic E-state index is 0.0728. The molecule has 2 saturated heterocycles. The Balaban J connectivity index is 1.64. The van der Waals surface area contributed by atoms with E-state index in [9.17, 15) is 0 Å². The van der Waals surface area contributed by atoms with Crippen molar-refractivity contribution >= 4 is 0 Å². The van der Waals surface area contributed by atoms with Gasteiger partial charge in [0.15, 0.2) is 6.29 Å². The van der Waals surface area contributed by atoms with Gasteiger partial charge in [-0.1, -0.05) is 48.9 Å². The van der Waals surface area contributed by atoms with Gasteiger partial charge in [0.1, 0.15) is 0 Å². The second kappa shape index (κ2) is 5.60. The van der Waals surface area contributed by atoms with E-state index in [1.54, 1.807) is 5.23 Å². The summed E-state index contributed by atoms with van der Waals surface area (Å²) in [4.78, 5) is 11.9. The summed E-state index contributed by atoms with van der Waals surface area (Å²) in [6.07, 6.45) is 3.14. The molecule has 0 spiro atoms. The van der Waals surface area contributed by atoms with Crippen molar-refractivity contribution in [2.75, 3.05) is 13.2 Å². The number of hydrogen-bond acceptors (Lipinski definition) is 4. The number of hydrogen-bond donors (Lipinski definition) is 0. The molecule has 1 aliphatic carbocycles. The monoisotopic (exact) mass is 303 g/mol. The van der Waals surface area contributed by atoms with Crippen molar-refractivity contribution in [1.82, 2.24) is 5.23 Å². The van der Waals surface area contributed by atoms with E-state index in [0.29, 0.717) is 17.8 Å². The van der Waals surface area contributed by atoms with Crippen LogP contribution in [0, 0.1) is 11.8 Å². The maximum absolute atomic E-state index is 6.06. The molecule has 1 aromatic rings. The van der Waals surface area contributed by atoms with E-state index in [4.69, 9.17) is 14.4 Å². The molecule has 2 bridgehead atoms. The van der Waals surface area contributed by atoms with Crippen molar-refractivity contribution < 1.29 is 14.4 Å². The average molecular weight is 303 g/mol. The van der Waals surface area contributed by atoms with Crippen LogP contribution >= 0.6 is 0 Å². The van der Waals surface area contributed by atoms with E-state index in [-0.39, 0.29) is 11.8 Å². The smallest absolute Gasteiger partial charge is 0.183 e. The summed E-state index contributed by atoms with van der Waals surface area (Å²) in [7, 11) is 0. The topological polar surface area (TPSA) is 30.9 Å². The van der Waals surface area contributed by atoms with Gasteiger partial charge in [-0.25, -0.2) is 4.84 Å². The summed E-state index contributed by atoms with van der Waals surface area (Å²) in [5.41, 5.74) is 1.30. The van der Waals surface area contributed by atoms with Crippen LogP contribution in [0.25, 0.3) is 0 Å². The molecule has 1 saturated carbocycles. The number of rotatable bonds is 5. The summed E-state index contributed by atoms with van der Waals surface area (Å²) >= 11 is 0. The number of fused-ring (bicyclic) bond motifs is 1. The zero-order valence-electron chi connectivity index (χ0n) is 13.4. The van der Waals surface area contributed by atoms with Crippen molar-refractivity contribution in [1.29, 1.82) is 0 Å². The van der Waals surface area contributed by atoms with E-state index in [1.165, 1.54) is 5.56 Å². The quantitative estimate of drug-likeness (QED) is 0.779. The Labute approximate surface area is 132 Å². The molecule has 4 nitrogen and oxygen atoms in total. The molecule has 0 N–H and O–H groups in total. The van der Waals surface area contributed by atoms with E-state index in [1.807, 2.05) is 0 Å². The molecule has 0 radical (unpaired) electrons. The maximum Gasteiger partial charge on any atom is 0.183 e. The minimum Gasteiger partial charge on any atom is -0.350 e. The summed E-state index contributed by atoms with van der Waals surface area (Å²) in [5, 5.41) is 1.76. The fourth-order valence-corrected chi connectivity index (χ4v) is 4.51. The molecule has 3 fully saturated rings. The SMILES string of the molecule is CCCCO[C@@H]1ON2OC[C@@H]3C[C@H]1[C@H](c1ccccc1)[C@@]32C. The summed E-state index contributed by atoms with van der Waals surface area (Å²) in [6.45, 7) is 5.98. The third-order valence-corrected chi connectivity index (χ3v) is 5.72. The Morgan fingerprint density at radius 2 is 2.14 bits per heavy atom. The molecule has 1 aromatic carbocycles. The molecule has 2 aliphatic heterocycles. The van der Waals surface area contributed by atoms with Crippen LogP contribution in [0.1, 0.15) is 44.6 Å². The van der Waals surface area contributed by atoms with Gasteiger partial charge < -0.3 is 4.74 Å². The highest BCUT2D eigenvalue weighted by atomic mass is 17.0. The van der Waals surface area contributed by atoms with Gasteiger partial charge in [0.05, 0.1) is 12.1 Å². The molecular weight excluding hydrogens is 278 g/mol. The predicted molar refractivity (Wildman–Crippen MR) is 82.7 cm³/mol. The highest BCUT2D eigenvalue weighted by Crippen LogP contribution is 2.61. The number of nitrogens with zero attached hydrogens (tertiary/aromatic N) is 1. The molecule has 5 atom stereocenters. The first-order valence-electron chi connectivity index (χ1n) is 8.51. The second-order valence-electron chi connectivity index (χ2n) is 6.96. The van der Waals surface area contributed by atoms with Crippen molar-refractivity contribution in [3.63, 3.8) is 0 Å². The second-order valence-corrected chi connectivity index (χ2v) is 6.96. The molecule has 22 heavy (non-hydrogen) atoms. The molecule has 2 heterocycles. The van der Waals surface area contributed by atoms with Gasteiger partial charge in [-0.2, -0.15) is 0 Å². The molecule has 0 amide bonds. The first-order valence-corrected chi connectivity index (χ1v) is 8.51. The van der Waals surface area contributed by atoms with Gasteiger partial charge in [0.2, 0.25) is 0 Å². The molecule has 0 unspecified atom stereocenters. The van der Waals surface area contributed by atoms with E-state index in [2.05, 4.69) is 44.2 Å². The van der Waals surface area contributed by atoms with Gasteiger partial charge in [0.25, 0.3) is 0 Å². The lowest BCUT2D eigenvalue weighted by atomic mass is 9.76. The van der Waals surface area contributed by atoms with E-state index < -0.39 is 0 Å². The van der Waals surface area contributed by atoms with Crippen LogP contribution in [0.4, 0.5) is 0 Å². The molecule has 4 rings (SSSR count). The zero-order chi connectivity index (χ0) is 15.2. The lowest BCUT2D eigenvalue weighted by Crippen LogP contribution is -2.54. The van der Waals surface area contributed by atoms with Gasteiger partial charge in [-0.05, 0) is 25.3 Å². The van der Waals surface area contributed by atoms with E-state index >= 15 is 0 Å². The Hall–Kier alpha value is -0.940. The Kier molecular flexibility index (Phi) is 3.73. The van der Waals surface area contributed by atoms with Crippen LogP contribution in [0.15, 0.2) is 30.3 Å². The predicted octanol–water partition coefficient (Wildman–Crippen LogP) is 3.50. The lowest BCUT2D eigenvalue weighted by molar-refractivity contribution is -0.455. The molecule has 120 valence electrons. The summed E-state index contributed by atoms with van der Waals surface area (Å²) < 4.78 is 6.06. The average Bonchev–Trinajstić information content (AvgIpc) is 2.95. The van der Waals surface area contributed by atoms with Crippen LogP contribution < -0.4 is 0 Å². The van der Waals surface area contributed by atoms with Crippen LogP contribution in [-0.2, 0) is 14.4 Å². The van der Waals surface area contributed by atoms with E-state index in [0.717, 1.165) is 32.5 Å². The Bertz CT molecular complexity index is 522. The van der Waals surface area contributed by atoms with Gasteiger partial charge in [-0.15, -0.1) is 0 Å². The Morgan fingerprint density at radius 3 is 2.91 bits per heavy atom. The molecule has 0 aromatic heterocycles. The van der Waals surface area contributed by atoms with Crippen LogP contribution in [0.5, 0.6) is 0 Å². The number of unbranched alkanes of at least 4 members (excludes halogenated alkanes) is 1.